The molecular formula is C17H22N2. The molecule has 1 aliphatic rings. The number of para-hydroxylation sites is 1. The van der Waals surface area contributed by atoms with Crippen LogP contribution in [0.5, 0.6) is 0 Å². The first-order valence-electron chi connectivity index (χ1n) is 6.83. The van der Waals surface area contributed by atoms with E-state index in [0.29, 0.717) is 11.8 Å². The van der Waals surface area contributed by atoms with Gasteiger partial charge in [-0.15, -0.1) is 0 Å². The number of hydrogen-bond donors (Lipinski definition) is 1. The molecule has 0 heterocycles. The fraction of sp³-hybridized carbons (Fsp3) is 0.353. The van der Waals surface area contributed by atoms with Crippen LogP contribution in [0.2, 0.25) is 0 Å². The van der Waals surface area contributed by atoms with E-state index in [1.807, 2.05) is 19.1 Å². The number of hydrogen-bond acceptors (Lipinski definition) is 1. The zero-order chi connectivity index (χ0) is 13.8. The molecule has 0 fully saturated rings. The number of amidine groups is 1. The average Bonchev–Trinajstić information content (AvgIpc) is 2.39. The summed E-state index contributed by atoms with van der Waals surface area (Å²) in [5, 5.41) is 8.02. The van der Waals surface area contributed by atoms with Crippen LogP contribution in [0, 0.1) is 18.3 Å². The van der Waals surface area contributed by atoms with Crippen LogP contribution in [0.4, 0.5) is 5.69 Å². The Hall–Kier alpha value is -1.83. The number of allylic oxidation sites excluding steroid dienone is 2. The van der Waals surface area contributed by atoms with Gasteiger partial charge in [-0.3, -0.25) is 5.41 Å². The van der Waals surface area contributed by atoms with Crippen LogP contribution in [-0.2, 0) is 0 Å². The molecule has 0 aliphatic heterocycles. The number of nitrogens with one attached hydrogen (secondary N) is 1. The zero-order valence-electron chi connectivity index (χ0n) is 12.0. The zero-order valence-corrected chi connectivity index (χ0v) is 12.0. The van der Waals surface area contributed by atoms with Gasteiger partial charge in [-0.2, -0.15) is 0 Å². The standard InChI is InChI=1S/C17H22N2/c1-13-8-10-16(11-9-13)12-19(15(3)18)17-7-5-4-6-14(17)2/h4-8,10-11,13,18H,9,12H2,1-3H3. The molecule has 1 atom stereocenters. The monoisotopic (exact) mass is 254 g/mol. The average molecular weight is 254 g/mol. The second-order valence-electron chi connectivity index (χ2n) is 5.31. The van der Waals surface area contributed by atoms with Crippen molar-refractivity contribution in [2.45, 2.75) is 27.2 Å². The van der Waals surface area contributed by atoms with E-state index < -0.39 is 0 Å². The Labute approximate surface area is 116 Å². The van der Waals surface area contributed by atoms with Gasteiger partial charge in [0, 0.05) is 12.2 Å². The first-order valence-corrected chi connectivity index (χ1v) is 6.83. The lowest BCUT2D eigenvalue weighted by atomic mass is 9.98. The molecule has 0 aromatic heterocycles. The summed E-state index contributed by atoms with van der Waals surface area (Å²) < 4.78 is 0. The van der Waals surface area contributed by atoms with Crippen LogP contribution < -0.4 is 4.90 Å². The third-order valence-corrected chi connectivity index (χ3v) is 3.54. The third-order valence-electron chi connectivity index (χ3n) is 3.54. The van der Waals surface area contributed by atoms with E-state index in [0.717, 1.165) is 18.7 Å². The van der Waals surface area contributed by atoms with Gasteiger partial charge in [-0.25, -0.2) is 0 Å². The van der Waals surface area contributed by atoms with E-state index in [2.05, 4.69) is 49.1 Å². The van der Waals surface area contributed by atoms with E-state index >= 15 is 0 Å². The molecule has 1 unspecified atom stereocenters. The summed E-state index contributed by atoms with van der Waals surface area (Å²) in [6.07, 6.45) is 7.84. The maximum atomic E-state index is 8.02. The van der Waals surface area contributed by atoms with E-state index in [-0.39, 0.29) is 0 Å². The number of rotatable bonds is 3. The highest BCUT2D eigenvalue weighted by molar-refractivity contribution is 5.94. The highest BCUT2D eigenvalue weighted by atomic mass is 15.2. The molecule has 2 nitrogen and oxygen atoms in total. The summed E-state index contributed by atoms with van der Waals surface area (Å²) in [5.41, 5.74) is 3.64. The van der Waals surface area contributed by atoms with Gasteiger partial charge >= 0.3 is 0 Å². The van der Waals surface area contributed by atoms with Crippen molar-refractivity contribution in [2.24, 2.45) is 5.92 Å². The molecule has 1 aromatic rings. The molecule has 0 radical (unpaired) electrons. The van der Waals surface area contributed by atoms with Crippen molar-refractivity contribution in [3.8, 4) is 0 Å². The van der Waals surface area contributed by atoms with Gasteiger partial charge in [0.05, 0.1) is 5.84 Å². The van der Waals surface area contributed by atoms with Crippen molar-refractivity contribution in [2.75, 3.05) is 11.4 Å². The minimum Gasteiger partial charge on any atom is -0.326 e. The van der Waals surface area contributed by atoms with Crippen molar-refractivity contribution in [1.82, 2.24) is 0 Å². The number of anilines is 1. The molecular weight excluding hydrogens is 232 g/mol. The Morgan fingerprint density at radius 2 is 2.11 bits per heavy atom. The van der Waals surface area contributed by atoms with Gasteiger partial charge in [0.2, 0.25) is 0 Å². The van der Waals surface area contributed by atoms with Gasteiger partial charge in [0.15, 0.2) is 0 Å². The molecule has 0 saturated carbocycles. The van der Waals surface area contributed by atoms with Gasteiger partial charge in [-0.05, 0) is 43.4 Å². The summed E-state index contributed by atoms with van der Waals surface area (Å²) in [6.45, 7) is 6.95. The van der Waals surface area contributed by atoms with Crippen LogP contribution in [0.1, 0.15) is 25.8 Å². The fourth-order valence-electron chi connectivity index (χ4n) is 2.32. The maximum Gasteiger partial charge on any atom is 0.0973 e. The van der Waals surface area contributed by atoms with E-state index in [4.69, 9.17) is 5.41 Å². The molecule has 0 amide bonds. The molecule has 2 heteroatoms. The number of nitrogens with zero attached hydrogens (tertiary/aromatic N) is 1. The lowest BCUT2D eigenvalue weighted by Crippen LogP contribution is -2.30. The SMILES string of the molecule is CC(=N)N(CC1=CCC(C)C=C1)c1ccccc1C. The Balaban J connectivity index is 2.21. The smallest absolute Gasteiger partial charge is 0.0973 e. The minimum atomic E-state index is 0.585. The second-order valence-corrected chi connectivity index (χ2v) is 5.31. The lowest BCUT2D eigenvalue weighted by molar-refractivity contribution is 0.728. The van der Waals surface area contributed by atoms with E-state index in [9.17, 15) is 0 Å². The summed E-state index contributed by atoms with van der Waals surface area (Å²) >= 11 is 0. The molecule has 1 aromatic carbocycles. The van der Waals surface area contributed by atoms with Crippen LogP contribution >= 0.6 is 0 Å². The van der Waals surface area contributed by atoms with E-state index in [1.165, 1.54) is 11.1 Å². The van der Waals surface area contributed by atoms with Crippen LogP contribution in [0.25, 0.3) is 0 Å². The second kappa shape index (κ2) is 5.87. The summed E-state index contributed by atoms with van der Waals surface area (Å²) in [5.74, 6) is 1.22. The van der Waals surface area contributed by atoms with Crippen LogP contribution in [-0.4, -0.2) is 12.4 Å². The van der Waals surface area contributed by atoms with Crippen LogP contribution in [0.3, 0.4) is 0 Å². The van der Waals surface area contributed by atoms with Crippen molar-refractivity contribution < 1.29 is 0 Å². The predicted molar refractivity (Wildman–Crippen MR) is 82.9 cm³/mol. The Bertz CT molecular complexity index is 526. The quantitative estimate of drug-likeness (QED) is 0.631. The first kappa shape index (κ1) is 13.6. The molecule has 2 rings (SSSR count). The van der Waals surface area contributed by atoms with Crippen molar-refractivity contribution in [3.05, 3.63) is 53.6 Å². The molecule has 0 saturated heterocycles. The Morgan fingerprint density at radius 3 is 2.68 bits per heavy atom. The summed E-state index contributed by atoms with van der Waals surface area (Å²) in [4.78, 5) is 2.07. The van der Waals surface area contributed by atoms with E-state index in [1.54, 1.807) is 0 Å². The van der Waals surface area contributed by atoms with Crippen molar-refractivity contribution in [3.63, 3.8) is 0 Å². The lowest BCUT2D eigenvalue weighted by Gasteiger charge is -2.26. The third kappa shape index (κ3) is 3.34. The topological polar surface area (TPSA) is 27.1 Å². The highest BCUT2D eigenvalue weighted by Crippen LogP contribution is 2.23. The number of aryl methyl sites for hydroxylation is 1. The maximum absolute atomic E-state index is 8.02. The van der Waals surface area contributed by atoms with Gasteiger partial charge in [0.25, 0.3) is 0 Å². The van der Waals surface area contributed by atoms with Gasteiger partial charge < -0.3 is 4.90 Å². The highest BCUT2D eigenvalue weighted by Gasteiger charge is 2.13. The van der Waals surface area contributed by atoms with Crippen LogP contribution in [0.15, 0.2) is 48.1 Å². The van der Waals surface area contributed by atoms with Gasteiger partial charge in [0.1, 0.15) is 0 Å². The number of benzene rings is 1. The Kier molecular flexibility index (Phi) is 4.20. The van der Waals surface area contributed by atoms with Gasteiger partial charge in [-0.1, -0.05) is 43.4 Å². The molecule has 0 bridgehead atoms. The summed E-state index contributed by atoms with van der Waals surface area (Å²) in [6, 6.07) is 8.25. The Morgan fingerprint density at radius 1 is 1.37 bits per heavy atom. The molecule has 1 N–H and O–H groups in total. The molecule has 100 valence electrons. The fourth-order valence-corrected chi connectivity index (χ4v) is 2.32. The molecule has 1 aliphatic carbocycles. The first-order chi connectivity index (χ1) is 9.08. The molecule has 0 spiro atoms. The minimum absolute atomic E-state index is 0.585. The largest absolute Gasteiger partial charge is 0.326 e. The summed E-state index contributed by atoms with van der Waals surface area (Å²) in [7, 11) is 0. The normalized spacial score (nSPS) is 18.1. The van der Waals surface area contributed by atoms with Crippen molar-refractivity contribution >= 4 is 11.5 Å². The van der Waals surface area contributed by atoms with Crippen molar-refractivity contribution in [1.29, 1.82) is 5.41 Å². The predicted octanol–water partition coefficient (Wildman–Crippen LogP) is 4.32. The molecule has 19 heavy (non-hydrogen) atoms.